The van der Waals surface area contributed by atoms with Gasteiger partial charge >= 0.3 is 6.09 Å². The highest BCUT2D eigenvalue weighted by molar-refractivity contribution is 7.80. The fourth-order valence-electron chi connectivity index (χ4n) is 0.810. The van der Waals surface area contributed by atoms with Gasteiger partial charge in [-0.25, -0.2) is 9.00 Å². The van der Waals surface area contributed by atoms with Crippen molar-refractivity contribution in [2.45, 2.75) is 37.8 Å². The minimum atomic E-state index is -2.44. The molecular weight excluding hydrogens is 256 g/mol. The second kappa shape index (κ2) is 5.81. The van der Waals surface area contributed by atoms with E-state index < -0.39 is 27.8 Å². The molecule has 0 bridgehead atoms. The maximum atomic E-state index is 11.4. The van der Waals surface area contributed by atoms with Crippen LogP contribution < -0.4 is 11.1 Å². The van der Waals surface area contributed by atoms with E-state index in [-0.39, 0.29) is 12.3 Å². The van der Waals surface area contributed by atoms with Crippen molar-refractivity contribution < 1.29 is 18.3 Å². The number of rotatable bonds is 4. The molecule has 0 heterocycles. The molecule has 0 saturated heterocycles. The summed E-state index contributed by atoms with van der Waals surface area (Å²) in [5.74, 6) is 0.0403. The van der Waals surface area contributed by atoms with Crippen LogP contribution in [-0.2, 0) is 15.8 Å². The van der Waals surface area contributed by atoms with E-state index in [0.717, 1.165) is 0 Å². The van der Waals surface area contributed by atoms with Gasteiger partial charge in [-0.05, 0) is 20.8 Å². The molecule has 0 fully saturated rings. The fraction of sp³-hybridized carbons (Fsp3) is 0.875. The van der Waals surface area contributed by atoms with Gasteiger partial charge < -0.3 is 9.29 Å². The van der Waals surface area contributed by atoms with Crippen LogP contribution in [0.2, 0.25) is 0 Å². The molecule has 0 rings (SSSR count). The van der Waals surface area contributed by atoms with Crippen LogP contribution in [0, 0.1) is 0 Å². The van der Waals surface area contributed by atoms with Crippen molar-refractivity contribution in [2.24, 2.45) is 5.73 Å². The van der Waals surface area contributed by atoms with Crippen molar-refractivity contribution in [3.8, 4) is 0 Å². The number of hydrogen-bond acceptors (Lipinski definition) is 4. The normalized spacial score (nSPS) is 17.4. The molecule has 2 atom stereocenters. The molecule has 1 amide bonds. The smallest absolute Gasteiger partial charge is 0.409 e. The molecule has 4 N–H and O–H groups in total. The molecule has 0 radical (unpaired) electrons. The highest BCUT2D eigenvalue weighted by Gasteiger charge is 2.34. The summed E-state index contributed by atoms with van der Waals surface area (Å²) in [6, 6.07) is 0. The second-order valence-electron chi connectivity index (χ2n) is 4.20. The van der Waals surface area contributed by atoms with Crippen LogP contribution in [0.3, 0.4) is 0 Å². The zero-order valence-electron chi connectivity index (χ0n) is 9.45. The SMILES string of the molecule is CC(C)(C)OC(=O)NC(N)(CCCl)S(=O)O. The maximum absolute atomic E-state index is 11.4. The molecule has 8 heteroatoms. The van der Waals surface area contributed by atoms with E-state index in [0.29, 0.717) is 0 Å². The number of alkyl halides is 1. The van der Waals surface area contributed by atoms with E-state index in [2.05, 4.69) is 5.32 Å². The summed E-state index contributed by atoms with van der Waals surface area (Å²) in [6.45, 7) is 5.01. The monoisotopic (exact) mass is 272 g/mol. The number of halogens is 1. The third kappa shape index (κ3) is 5.64. The number of carbonyl (C=O) groups excluding carboxylic acids is 1. The van der Waals surface area contributed by atoms with E-state index in [1.54, 1.807) is 20.8 Å². The number of alkyl carbamates (subject to hydrolysis) is 1. The topological polar surface area (TPSA) is 102 Å². The van der Waals surface area contributed by atoms with Gasteiger partial charge in [-0.2, -0.15) is 0 Å². The van der Waals surface area contributed by atoms with Crippen LogP contribution in [-0.4, -0.2) is 31.3 Å². The van der Waals surface area contributed by atoms with Gasteiger partial charge in [-0.3, -0.25) is 11.1 Å². The molecule has 0 aromatic rings. The molecule has 0 aliphatic heterocycles. The van der Waals surface area contributed by atoms with Crippen molar-refractivity contribution in [1.29, 1.82) is 0 Å². The molecular formula is C8H17ClN2O4S. The Morgan fingerprint density at radius 2 is 2.06 bits per heavy atom. The van der Waals surface area contributed by atoms with Gasteiger partial charge in [0.1, 0.15) is 5.60 Å². The van der Waals surface area contributed by atoms with Gasteiger partial charge in [0.05, 0.1) is 0 Å². The minimum Gasteiger partial charge on any atom is -0.444 e. The van der Waals surface area contributed by atoms with Crippen molar-refractivity contribution in [3.63, 3.8) is 0 Å². The summed E-state index contributed by atoms with van der Waals surface area (Å²) in [4.78, 5) is 9.56. The molecule has 0 aliphatic rings. The Bertz CT molecular complexity index is 282. The molecule has 16 heavy (non-hydrogen) atoms. The lowest BCUT2D eigenvalue weighted by Gasteiger charge is -2.28. The predicted molar refractivity (Wildman–Crippen MR) is 62.4 cm³/mol. The van der Waals surface area contributed by atoms with Crippen LogP contribution in [0.4, 0.5) is 4.79 Å². The van der Waals surface area contributed by atoms with Crippen molar-refractivity contribution in [3.05, 3.63) is 0 Å². The Morgan fingerprint density at radius 3 is 2.38 bits per heavy atom. The molecule has 0 aromatic heterocycles. The van der Waals surface area contributed by atoms with Gasteiger partial charge in [-0.15, -0.1) is 11.6 Å². The lowest BCUT2D eigenvalue weighted by atomic mass is 10.2. The average Bonchev–Trinajstić information content (AvgIpc) is 1.99. The molecule has 6 nitrogen and oxygen atoms in total. The fourth-order valence-corrected chi connectivity index (χ4v) is 1.67. The van der Waals surface area contributed by atoms with Crippen LogP contribution in [0.25, 0.3) is 0 Å². The van der Waals surface area contributed by atoms with E-state index in [9.17, 15) is 9.00 Å². The number of hydrogen-bond donors (Lipinski definition) is 3. The highest BCUT2D eigenvalue weighted by Crippen LogP contribution is 2.11. The quantitative estimate of drug-likeness (QED) is 0.402. The first-order valence-corrected chi connectivity index (χ1v) is 6.22. The second-order valence-corrected chi connectivity index (χ2v) is 5.81. The van der Waals surface area contributed by atoms with Crippen LogP contribution in [0.15, 0.2) is 0 Å². The number of nitrogens with two attached hydrogens (primary N) is 1. The summed E-state index contributed by atoms with van der Waals surface area (Å²) >= 11 is 2.99. The van der Waals surface area contributed by atoms with Crippen molar-refractivity contribution >= 4 is 28.8 Å². The first-order valence-electron chi connectivity index (χ1n) is 4.58. The first-order chi connectivity index (χ1) is 7.10. The van der Waals surface area contributed by atoms with Crippen molar-refractivity contribution in [1.82, 2.24) is 5.32 Å². The van der Waals surface area contributed by atoms with Crippen LogP contribution in [0.5, 0.6) is 0 Å². The highest BCUT2D eigenvalue weighted by atomic mass is 35.5. The largest absolute Gasteiger partial charge is 0.444 e. The standard InChI is InChI=1S/C8H17ClN2O4S/c1-7(2,3)15-6(12)11-8(10,4-5-9)16(13)14/h4-5,10H2,1-3H3,(H,11,12)(H,13,14). The van der Waals surface area contributed by atoms with Crippen LogP contribution >= 0.6 is 11.6 Å². The Hall–Kier alpha value is -0.370. The molecule has 0 aromatic carbocycles. The summed E-state index contributed by atoms with van der Waals surface area (Å²) < 4.78 is 24.8. The molecule has 2 unspecified atom stereocenters. The maximum Gasteiger partial charge on any atom is 0.409 e. The van der Waals surface area contributed by atoms with Gasteiger partial charge in [0.15, 0.2) is 16.1 Å². The third-order valence-electron chi connectivity index (χ3n) is 1.49. The van der Waals surface area contributed by atoms with Gasteiger partial charge in [0.25, 0.3) is 0 Å². The Balaban J connectivity index is 4.53. The van der Waals surface area contributed by atoms with E-state index in [4.69, 9.17) is 26.6 Å². The lowest BCUT2D eigenvalue weighted by molar-refractivity contribution is 0.0489. The third-order valence-corrected chi connectivity index (χ3v) is 2.61. The average molecular weight is 273 g/mol. The van der Waals surface area contributed by atoms with Gasteiger partial charge in [-0.1, -0.05) is 0 Å². The van der Waals surface area contributed by atoms with Gasteiger partial charge in [0, 0.05) is 12.3 Å². The summed E-state index contributed by atoms with van der Waals surface area (Å²) in [6.07, 6.45) is -0.904. The number of ether oxygens (including phenoxy) is 1. The molecule has 0 aliphatic carbocycles. The Labute approximate surface area is 102 Å². The zero-order chi connectivity index (χ0) is 13.0. The van der Waals surface area contributed by atoms with Crippen molar-refractivity contribution in [2.75, 3.05) is 5.88 Å². The lowest BCUT2D eigenvalue weighted by Crippen LogP contribution is -2.59. The summed E-state index contributed by atoms with van der Waals surface area (Å²) in [5, 5.41) is 2.13. The van der Waals surface area contributed by atoms with Crippen LogP contribution in [0.1, 0.15) is 27.2 Å². The molecule has 96 valence electrons. The van der Waals surface area contributed by atoms with Gasteiger partial charge in [0.2, 0.25) is 0 Å². The molecule has 0 saturated carbocycles. The summed E-state index contributed by atoms with van der Waals surface area (Å²) in [5.41, 5.74) is 4.82. The van der Waals surface area contributed by atoms with E-state index >= 15 is 0 Å². The Kier molecular flexibility index (Phi) is 5.67. The van der Waals surface area contributed by atoms with E-state index in [1.807, 2.05) is 0 Å². The summed E-state index contributed by atoms with van der Waals surface area (Å²) in [7, 11) is 0. The molecule has 0 spiro atoms. The minimum absolute atomic E-state index is 0.0403. The van der Waals surface area contributed by atoms with E-state index in [1.165, 1.54) is 0 Å². The Morgan fingerprint density at radius 1 is 1.56 bits per heavy atom. The number of amides is 1. The first kappa shape index (κ1) is 15.6. The zero-order valence-corrected chi connectivity index (χ0v) is 11.0. The number of nitrogens with one attached hydrogen (secondary N) is 1. The predicted octanol–water partition coefficient (Wildman–Crippen LogP) is 0.974. The number of carbonyl (C=O) groups is 1.